The highest BCUT2D eigenvalue weighted by Crippen LogP contribution is 2.30. The predicted octanol–water partition coefficient (Wildman–Crippen LogP) is 4.13. The molecule has 0 saturated heterocycles. The Morgan fingerprint density at radius 2 is 1.64 bits per heavy atom. The number of nitrogens with zero attached hydrogens (tertiary/aromatic N) is 1. The molecule has 112 valence electrons. The van der Waals surface area contributed by atoms with Crippen molar-refractivity contribution in [3.05, 3.63) is 71.8 Å². The Morgan fingerprint density at radius 3 is 2.36 bits per heavy atom. The van der Waals surface area contributed by atoms with Gasteiger partial charge < -0.3 is 0 Å². The Bertz CT molecular complexity index is 650. The number of hydrogen-bond donors (Lipinski definition) is 1. The molecule has 3 rings (SSSR count). The van der Waals surface area contributed by atoms with Gasteiger partial charge in [0.2, 0.25) is 0 Å². The maximum absolute atomic E-state index is 12.1. The van der Waals surface area contributed by atoms with Crippen LogP contribution in [0.2, 0.25) is 0 Å². The van der Waals surface area contributed by atoms with E-state index in [1.807, 2.05) is 24.3 Å². The second kappa shape index (κ2) is 7.03. The number of amides is 1. The Hall–Kier alpha value is -2.42. The number of rotatable bonds is 3. The first-order valence-corrected chi connectivity index (χ1v) is 7.81. The summed E-state index contributed by atoms with van der Waals surface area (Å²) in [6.07, 6.45) is 4.41. The lowest BCUT2D eigenvalue weighted by Gasteiger charge is -2.24. The summed E-state index contributed by atoms with van der Waals surface area (Å²) in [5.74, 6) is 0.177. The predicted molar refractivity (Wildman–Crippen MR) is 89.0 cm³/mol. The summed E-state index contributed by atoms with van der Waals surface area (Å²) in [6, 6.07) is 19.6. The highest BCUT2D eigenvalue weighted by atomic mass is 16.2. The minimum Gasteiger partial charge on any atom is -0.267 e. The minimum atomic E-state index is -0.148. The molecule has 0 bridgehead atoms. The normalized spacial score (nSPS) is 19.8. The van der Waals surface area contributed by atoms with Gasteiger partial charge in [-0.1, -0.05) is 55.0 Å². The van der Waals surface area contributed by atoms with Gasteiger partial charge in [0, 0.05) is 17.2 Å². The zero-order chi connectivity index (χ0) is 15.2. The fourth-order valence-electron chi connectivity index (χ4n) is 2.95. The highest BCUT2D eigenvalue weighted by Gasteiger charge is 2.22. The number of carbonyl (C=O) groups excluding carboxylic acids is 1. The zero-order valence-corrected chi connectivity index (χ0v) is 12.5. The lowest BCUT2D eigenvalue weighted by atomic mass is 9.82. The van der Waals surface area contributed by atoms with Gasteiger partial charge in [0.1, 0.15) is 0 Å². The molecule has 1 aliphatic rings. The van der Waals surface area contributed by atoms with Crippen molar-refractivity contribution in [2.24, 2.45) is 5.10 Å². The largest absolute Gasteiger partial charge is 0.271 e. The van der Waals surface area contributed by atoms with Crippen molar-refractivity contribution in [2.45, 2.75) is 31.6 Å². The maximum Gasteiger partial charge on any atom is 0.271 e. The maximum atomic E-state index is 12.1. The molecule has 0 aliphatic heterocycles. The molecule has 0 aromatic heterocycles. The average molecular weight is 292 g/mol. The van der Waals surface area contributed by atoms with Gasteiger partial charge >= 0.3 is 0 Å². The second-order valence-electron chi connectivity index (χ2n) is 5.62. The molecule has 0 heterocycles. The van der Waals surface area contributed by atoms with Crippen molar-refractivity contribution in [1.82, 2.24) is 5.43 Å². The average Bonchev–Trinajstić information content (AvgIpc) is 2.61. The lowest BCUT2D eigenvalue weighted by molar-refractivity contribution is 0.0954. The van der Waals surface area contributed by atoms with E-state index in [4.69, 9.17) is 0 Å². The Labute approximate surface area is 131 Å². The molecule has 0 spiro atoms. The minimum absolute atomic E-state index is 0.148. The third kappa shape index (κ3) is 3.42. The van der Waals surface area contributed by atoms with Gasteiger partial charge in [0.25, 0.3) is 5.91 Å². The van der Waals surface area contributed by atoms with Crippen LogP contribution in [-0.2, 0) is 0 Å². The third-order valence-corrected chi connectivity index (χ3v) is 4.12. The molecule has 22 heavy (non-hydrogen) atoms. The van der Waals surface area contributed by atoms with E-state index in [1.165, 1.54) is 12.0 Å². The van der Waals surface area contributed by atoms with Crippen molar-refractivity contribution < 1.29 is 4.79 Å². The Balaban J connectivity index is 1.75. The van der Waals surface area contributed by atoms with Crippen LogP contribution in [0.3, 0.4) is 0 Å². The monoisotopic (exact) mass is 292 g/mol. The summed E-state index contributed by atoms with van der Waals surface area (Å²) >= 11 is 0. The van der Waals surface area contributed by atoms with Gasteiger partial charge in [-0.3, -0.25) is 4.79 Å². The van der Waals surface area contributed by atoms with Crippen molar-refractivity contribution in [3.8, 4) is 0 Å². The number of benzene rings is 2. The molecule has 2 aromatic carbocycles. The van der Waals surface area contributed by atoms with E-state index in [2.05, 4.69) is 34.8 Å². The molecular formula is C19H20N2O. The summed E-state index contributed by atoms with van der Waals surface area (Å²) in [5, 5.41) is 4.43. The van der Waals surface area contributed by atoms with E-state index < -0.39 is 0 Å². The van der Waals surface area contributed by atoms with Crippen LogP contribution in [0.15, 0.2) is 65.8 Å². The lowest BCUT2D eigenvalue weighted by Crippen LogP contribution is -2.24. The standard InChI is InChI=1S/C19H20N2O/c22-19(16-11-5-2-6-12-16)21-20-18-14-8-7-13-17(18)15-9-3-1-4-10-15/h1-6,9-12,17H,7-8,13-14H2,(H,21,22)/b20-18+/t17-/m0/s1. The third-order valence-electron chi connectivity index (χ3n) is 4.12. The fraction of sp³-hybridized carbons (Fsp3) is 0.263. The molecule has 0 radical (unpaired) electrons. The SMILES string of the molecule is O=C(N/N=C1\CCCC[C@H]1c1ccccc1)c1ccccc1. The first kappa shape index (κ1) is 14.5. The van der Waals surface area contributed by atoms with E-state index in [9.17, 15) is 4.79 Å². The molecule has 1 atom stereocenters. The Morgan fingerprint density at radius 1 is 0.955 bits per heavy atom. The van der Waals surface area contributed by atoms with Crippen LogP contribution in [0.25, 0.3) is 0 Å². The van der Waals surface area contributed by atoms with Crippen LogP contribution >= 0.6 is 0 Å². The van der Waals surface area contributed by atoms with E-state index in [0.717, 1.165) is 25.0 Å². The summed E-state index contributed by atoms with van der Waals surface area (Å²) in [6.45, 7) is 0. The van der Waals surface area contributed by atoms with Crippen molar-refractivity contribution in [3.63, 3.8) is 0 Å². The van der Waals surface area contributed by atoms with E-state index >= 15 is 0 Å². The molecule has 3 nitrogen and oxygen atoms in total. The highest BCUT2D eigenvalue weighted by molar-refractivity contribution is 5.97. The van der Waals surface area contributed by atoms with E-state index in [0.29, 0.717) is 11.5 Å². The van der Waals surface area contributed by atoms with Gasteiger partial charge in [-0.2, -0.15) is 5.10 Å². The van der Waals surface area contributed by atoms with Gasteiger partial charge in [-0.15, -0.1) is 0 Å². The van der Waals surface area contributed by atoms with Gasteiger partial charge in [-0.25, -0.2) is 5.43 Å². The van der Waals surface area contributed by atoms with Crippen LogP contribution in [-0.4, -0.2) is 11.6 Å². The molecule has 0 unspecified atom stereocenters. The summed E-state index contributed by atoms with van der Waals surface area (Å²) in [7, 11) is 0. The van der Waals surface area contributed by atoms with E-state index in [-0.39, 0.29) is 5.91 Å². The number of nitrogens with one attached hydrogen (secondary N) is 1. The van der Waals surface area contributed by atoms with Crippen LogP contribution in [0, 0.1) is 0 Å². The second-order valence-corrected chi connectivity index (χ2v) is 5.62. The molecule has 1 amide bonds. The van der Waals surface area contributed by atoms with Gasteiger partial charge in [0.05, 0.1) is 0 Å². The number of hydrogen-bond acceptors (Lipinski definition) is 2. The zero-order valence-electron chi connectivity index (χ0n) is 12.5. The molecule has 1 fully saturated rings. The van der Waals surface area contributed by atoms with Crippen LogP contribution < -0.4 is 5.43 Å². The topological polar surface area (TPSA) is 41.5 Å². The summed E-state index contributed by atoms with van der Waals surface area (Å²) in [4.78, 5) is 12.1. The fourth-order valence-corrected chi connectivity index (χ4v) is 2.95. The number of carbonyl (C=O) groups is 1. The van der Waals surface area contributed by atoms with Crippen molar-refractivity contribution in [1.29, 1.82) is 0 Å². The van der Waals surface area contributed by atoms with Crippen molar-refractivity contribution in [2.75, 3.05) is 0 Å². The van der Waals surface area contributed by atoms with Crippen LogP contribution in [0.4, 0.5) is 0 Å². The molecule has 1 saturated carbocycles. The first-order valence-electron chi connectivity index (χ1n) is 7.81. The molecule has 1 aliphatic carbocycles. The quantitative estimate of drug-likeness (QED) is 0.849. The smallest absolute Gasteiger partial charge is 0.267 e. The molecule has 3 heteroatoms. The first-order chi connectivity index (χ1) is 10.8. The van der Waals surface area contributed by atoms with Crippen molar-refractivity contribution >= 4 is 11.6 Å². The molecule has 2 aromatic rings. The van der Waals surface area contributed by atoms with Gasteiger partial charge in [0.15, 0.2) is 0 Å². The number of hydrazone groups is 1. The van der Waals surface area contributed by atoms with E-state index in [1.54, 1.807) is 12.1 Å². The van der Waals surface area contributed by atoms with Crippen LogP contribution in [0.5, 0.6) is 0 Å². The van der Waals surface area contributed by atoms with Crippen LogP contribution in [0.1, 0.15) is 47.5 Å². The summed E-state index contributed by atoms with van der Waals surface area (Å²) < 4.78 is 0. The Kier molecular flexibility index (Phi) is 4.64. The molecule has 1 N–H and O–H groups in total. The van der Waals surface area contributed by atoms with Gasteiger partial charge in [-0.05, 0) is 37.0 Å². The molecular weight excluding hydrogens is 272 g/mol. The summed E-state index contributed by atoms with van der Waals surface area (Å²) in [5.41, 5.74) is 5.73.